The van der Waals surface area contributed by atoms with E-state index in [1.54, 1.807) is 0 Å². The van der Waals surface area contributed by atoms with Crippen LogP contribution in [0.25, 0.3) is 16.5 Å². The van der Waals surface area contributed by atoms with E-state index in [0.29, 0.717) is 10.7 Å². The van der Waals surface area contributed by atoms with E-state index < -0.39 is 122 Å². The van der Waals surface area contributed by atoms with Crippen molar-refractivity contribution in [1.82, 2.24) is 9.78 Å². The largest absolute Gasteiger partial charge is 0.505 e. The van der Waals surface area contributed by atoms with Crippen LogP contribution in [0.4, 0.5) is 39.8 Å². The number of carbonyl (C=O) groups is 1. The lowest BCUT2D eigenvalue weighted by Gasteiger charge is -2.13. The van der Waals surface area contributed by atoms with Crippen LogP contribution in [0.5, 0.6) is 28.9 Å². The van der Waals surface area contributed by atoms with Gasteiger partial charge in [0.25, 0.3) is 36.0 Å². The minimum Gasteiger partial charge on any atom is -0.505 e. The number of nitro benzene ring substituents is 1. The monoisotopic (exact) mass is 1030 g/mol. The van der Waals surface area contributed by atoms with E-state index in [2.05, 4.69) is 35.8 Å². The minimum absolute atomic E-state index is 0.00109. The lowest BCUT2D eigenvalue weighted by atomic mass is 10.1. The molecule has 0 unspecified atom stereocenters. The Bertz CT molecular complexity index is 3550. The molecule has 6 rings (SSSR count). The Morgan fingerprint density at radius 1 is 0.686 bits per heavy atom. The van der Waals surface area contributed by atoms with Crippen LogP contribution in [-0.2, 0) is 30.4 Å². The maximum Gasteiger partial charge on any atom is 0.358 e. The van der Waals surface area contributed by atoms with Gasteiger partial charge in [0, 0.05) is 35.7 Å². The van der Waals surface area contributed by atoms with Gasteiger partial charge >= 0.3 is 5.97 Å². The average Bonchev–Trinajstić information content (AvgIpc) is 3.62. The highest BCUT2D eigenvalue weighted by Crippen LogP contribution is 2.46. The van der Waals surface area contributed by atoms with Crippen molar-refractivity contribution in [1.29, 1.82) is 0 Å². The van der Waals surface area contributed by atoms with Crippen molar-refractivity contribution in [3.05, 3.63) is 88.1 Å². The molecule has 29 nitrogen and oxygen atoms in total. The molecule has 0 spiro atoms. The summed E-state index contributed by atoms with van der Waals surface area (Å²) in [5, 5.41) is 89.5. The smallest absolute Gasteiger partial charge is 0.358 e. The molecule has 70 heavy (non-hydrogen) atoms. The molecule has 1 heterocycles. The topological polar surface area (TPSA) is 444 Å². The normalized spacial score (nSPS) is 12.4. The summed E-state index contributed by atoms with van der Waals surface area (Å²) in [7, 11) is -13.9. The molecular weight excluding hydrogens is 999 g/mol. The first-order valence-corrected chi connectivity index (χ1v) is 23.3. The number of ether oxygens (including phenoxy) is 3. The summed E-state index contributed by atoms with van der Waals surface area (Å²) >= 11 is 0. The first kappa shape index (κ1) is 51.3. The van der Waals surface area contributed by atoms with E-state index in [0.717, 1.165) is 61.7 Å². The number of fused-ring (bicyclic) bond motifs is 1. The van der Waals surface area contributed by atoms with E-state index in [-0.39, 0.29) is 56.3 Å². The summed E-state index contributed by atoms with van der Waals surface area (Å²) in [5.74, 6) is -4.36. The molecule has 0 saturated carbocycles. The molecular formula is C38H33N9O20S3. The number of aryl methyl sites for hydroxylation is 1. The highest BCUT2D eigenvalue weighted by atomic mass is 32.2. The van der Waals surface area contributed by atoms with Gasteiger partial charge in [-0.15, -0.1) is 30.7 Å². The van der Waals surface area contributed by atoms with Crippen molar-refractivity contribution in [3.63, 3.8) is 0 Å². The highest BCUT2D eigenvalue weighted by molar-refractivity contribution is 7.86. The first-order valence-electron chi connectivity index (χ1n) is 19.0. The van der Waals surface area contributed by atoms with E-state index in [1.165, 1.54) is 13.0 Å². The van der Waals surface area contributed by atoms with Crippen LogP contribution in [0.15, 0.2) is 112 Å². The number of nitro groups is 1. The predicted molar refractivity (Wildman–Crippen MR) is 236 cm³/mol. The van der Waals surface area contributed by atoms with Crippen LogP contribution < -0.4 is 14.2 Å². The molecule has 0 bridgehead atoms. The van der Waals surface area contributed by atoms with Crippen LogP contribution in [0.1, 0.15) is 16.1 Å². The van der Waals surface area contributed by atoms with Crippen LogP contribution >= 0.6 is 0 Å². The summed E-state index contributed by atoms with van der Waals surface area (Å²) < 4.78 is 120. The standard InChI is InChI=1S/C38H33N9O20S3/c1-18-11-24(27(65-2)17-30(18)68(56,57)58)41-44-34-35(38(52)53)45-46(37(34)51)20-3-5-22-19(12-20)13-32(70(62,63)64)33(36(22)50)43-42-26-16-28(66-9-7-48)25(15-29(26)67-10-8-49)40-39-23-6-4-21(47(54)55)14-31(23)69(59,60)61/h3-6,11-17,48-51H,7-10H2,1-2H3,(H,52,53)(H,56,57,58)(H,59,60,61)(H,62,63,64)/b40-39+,43-42+,44-41+. The number of aromatic carboxylic acids is 1. The zero-order chi connectivity index (χ0) is 51.5. The van der Waals surface area contributed by atoms with Gasteiger partial charge < -0.3 is 39.7 Å². The number of aromatic nitrogens is 2. The number of hydrogen-bond acceptors (Lipinski definition) is 23. The molecule has 0 saturated heterocycles. The molecule has 0 fully saturated rings. The van der Waals surface area contributed by atoms with Crippen molar-refractivity contribution >= 4 is 86.9 Å². The maximum atomic E-state index is 12.8. The molecule has 0 aliphatic carbocycles. The van der Waals surface area contributed by atoms with Crippen LogP contribution in [-0.4, -0.2) is 119 Å². The van der Waals surface area contributed by atoms with E-state index in [9.17, 15) is 79.4 Å². The Morgan fingerprint density at radius 2 is 1.23 bits per heavy atom. The molecule has 5 aromatic carbocycles. The van der Waals surface area contributed by atoms with Gasteiger partial charge in [-0.25, -0.2) is 4.79 Å². The molecule has 6 aromatic rings. The first-order chi connectivity index (χ1) is 32.9. The van der Waals surface area contributed by atoms with Gasteiger partial charge in [0.15, 0.2) is 11.4 Å². The molecule has 368 valence electrons. The molecule has 0 aliphatic heterocycles. The lowest BCUT2D eigenvalue weighted by Crippen LogP contribution is -2.04. The summed E-state index contributed by atoms with van der Waals surface area (Å²) in [6.45, 7) is -0.667. The van der Waals surface area contributed by atoms with Crippen LogP contribution in [0, 0.1) is 17.0 Å². The predicted octanol–water partition coefficient (Wildman–Crippen LogP) is 6.09. The number of aliphatic hydroxyl groups excluding tert-OH is 2. The summed E-state index contributed by atoms with van der Waals surface area (Å²) in [5.41, 5.74) is -4.68. The third-order valence-electron chi connectivity index (χ3n) is 9.30. The van der Waals surface area contributed by atoms with Gasteiger partial charge in [-0.2, -0.15) is 35.0 Å². The third-order valence-corrected chi connectivity index (χ3v) is 12.0. The van der Waals surface area contributed by atoms with Crippen LogP contribution in [0.3, 0.4) is 0 Å². The number of rotatable bonds is 19. The molecule has 0 aliphatic rings. The fraction of sp³-hybridized carbons (Fsp3) is 0.158. The fourth-order valence-corrected chi connectivity index (χ4v) is 8.24. The number of methoxy groups -OCH3 is 1. The molecule has 8 N–H and O–H groups in total. The zero-order valence-electron chi connectivity index (χ0n) is 35.4. The number of non-ortho nitro benzene ring substituents is 1. The Kier molecular flexibility index (Phi) is 14.8. The lowest BCUT2D eigenvalue weighted by molar-refractivity contribution is -0.385. The Labute approximate surface area is 392 Å². The Hall–Kier alpha value is -8.11. The molecule has 0 radical (unpaired) electrons. The molecule has 0 atom stereocenters. The average molecular weight is 1030 g/mol. The van der Waals surface area contributed by atoms with Gasteiger partial charge in [-0.05, 0) is 54.3 Å². The molecule has 32 heteroatoms. The minimum atomic E-state index is -5.30. The van der Waals surface area contributed by atoms with Gasteiger partial charge in [0.1, 0.15) is 73.6 Å². The van der Waals surface area contributed by atoms with Crippen molar-refractivity contribution in [2.45, 2.75) is 21.6 Å². The maximum absolute atomic E-state index is 12.8. The number of carboxylic acids is 1. The van der Waals surface area contributed by atoms with Crippen molar-refractivity contribution in [2.24, 2.45) is 30.7 Å². The number of nitrogens with zero attached hydrogens (tertiary/aromatic N) is 9. The molecule has 0 amide bonds. The van der Waals surface area contributed by atoms with E-state index in [1.807, 2.05) is 0 Å². The Balaban J connectivity index is 1.44. The number of phenolic OH excluding ortho intramolecular Hbond substituents is 1. The number of azo groups is 3. The number of aliphatic hydroxyl groups is 2. The molecule has 1 aromatic heterocycles. The number of carboxylic acid groups (broad SMARTS) is 1. The second kappa shape index (κ2) is 20.2. The van der Waals surface area contributed by atoms with Gasteiger partial charge in [-0.3, -0.25) is 23.8 Å². The second-order valence-electron chi connectivity index (χ2n) is 13.9. The number of aromatic hydroxyl groups is 2. The third kappa shape index (κ3) is 11.1. The second-order valence-corrected chi connectivity index (χ2v) is 18.0. The number of hydrogen-bond donors (Lipinski definition) is 8. The van der Waals surface area contributed by atoms with E-state index in [4.69, 9.17) is 14.2 Å². The van der Waals surface area contributed by atoms with Gasteiger partial charge in [-0.1, -0.05) is 0 Å². The fourth-order valence-electron chi connectivity index (χ4n) is 6.21. The van der Waals surface area contributed by atoms with Crippen molar-refractivity contribution in [3.8, 4) is 34.6 Å². The zero-order valence-corrected chi connectivity index (χ0v) is 37.9. The van der Waals surface area contributed by atoms with Crippen molar-refractivity contribution in [2.75, 3.05) is 33.5 Å². The van der Waals surface area contributed by atoms with Gasteiger partial charge in [0.05, 0.1) is 30.9 Å². The Morgan fingerprint density at radius 3 is 1.76 bits per heavy atom. The SMILES string of the molecule is COc1cc(S(=O)(=O)O)c(C)cc1/N=N/c1c(C(=O)O)nn(-c2ccc3c(O)c(/N=N/c4cc(OCCO)c(/N=N/c5ccc([N+](=O)[O-])cc5S(=O)(=O)O)cc4OCCO)c(S(=O)(=O)O)cc3c2)c1O. The van der Waals surface area contributed by atoms with Crippen LogP contribution in [0.2, 0.25) is 0 Å². The number of phenols is 1. The highest BCUT2D eigenvalue weighted by Gasteiger charge is 2.27. The summed E-state index contributed by atoms with van der Waals surface area (Å²) in [6, 6.07) is 10.7. The van der Waals surface area contributed by atoms with Gasteiger partial charge in [0.2, 0.25) is 11.6 Å². The van der Waals surface area contributed by atoms with Crippen molar-refractivity contribution < 1.29 is 88.4 Å². The quantitative estimate of drug-likeness (QED) is 0.0197. The summed E-state index contributed by atoms with van der Waals surface area (Å²) in [6.07, 6.45) is 0. The summed E-state index contributed by atoms with van der Waals surface area (Å²) in [4.78, 5) is 20.0. The number of benzene rings is 5. The van der Waals surface area contributed by atoms with E-state index >= 15 is 0 Å².